The van der Waals surface area contributed by atoms with Gasteiger partial charge in [-0.3, -0.25) is 0 Å². The summed E-state index contributed by atoms with van der Waals surface area (Å²) in [7, 11) is 1.88. The molecule has 0 bridgehead atoms. The van der Waals surface area contributed by atoms with Crippen LogP contribution in [-0.4, -0.2) is 23.1 Å². The number of hydrogen-bond donors (Lipinski definition) is 2. The molecule has 1 aliphatic carbocycles. The summed E-state index contributed by atoms with van der Waals surface area (Å²) in [5.74, 6) is 2.74. The van der Waals surface area contributed by atoms with Gasteiger partial charge < -0.3 is 10.6 Å². The van der Waals surface area contributed by atoms with Gasteiger partial charge in [-0.05, 0) is 19.3 Å². The number of anilines is 2. The highest BCUT2D eigenvalue weighted by atomic mass is 15.1. The first-order chi connectivity index (χ1) is 7.31. The second-order valence-corrected chi connectivity index (χ2v) is 3.93. The minimum Gasteiger partial charge on any atom is -0.373 e. The lowest BCUT2D eigenvalue weighted by Crippen LogP contribution is -2.27. The first-order valence-corrected chi connectivity index (χ1v) is 5.64. The van der Waals surface area contributed by atoms with Crippen molar-refractivity contribution in [3.8, 4) is 0 Å². The van der Waals surface area contributed by atoms with Gasteiger partial charge >= 0.3 is 0 Å². The van der Waals surface area contributed by atoms with Crippen molar-refractivity contribution >= 4 is 11.6 Å². The van der Waals surface area contributed by atoms with Crippen molar-refractivity contribution in [2.75, 3.05) is 17.7 Å². The normalized spacial score (nSPS) is 15.9. The van der Waals surface area contributed by atoms with Crippen molar-refractivity contribution in [1.29, 1.82) is 0 Å². The van der Waals surface area contributed by atoms with E-state index in [1.54, 1.807) is 0 Å². The number of nitrogens with zero attached hydrogens (tertiary/aromatic N) is 2. The lowest BCUT2D eigenvalue weighted by atomic mass is 9.93. The van der Waals surface area contributed by atoms with E-state index in [-0.39, 0.29) is 0 Å². The number of aryl methyl sites for hydroxylation is 1. The summed E-state index contributed by atoms with van der Waals surface area (Å²) < 4.78 is 0. The molecule has 2 rings (SSSR count). The molecule has 82 valence electrons. The van der Waals surface area contributed by atoms with Crippen LogP contribution in [0.3, 0.4) is 0 Å². The summed E-state index contributed by atoms with van der Waals surface area (Å²) in [6, 6.07) is 2.59. The zero-order valence-corrected chi connectivity index (χ0v) is 9.38. The number of hydrogen-bond acceptors (Lipinski definition) is 4. The minimum atomic E-state index is 0.620. The van der Waals surface area contributed by atoms with Gasteiger partial charge in [0.25, 0.3) is 0 Å². The molecule has 2 N–H and O–H groups in total. The molecule has 1 heterocycles. The second-order valence-electron chi connectivity index (χ2n) is 3.93. The maximum atomic E-state index is 4.46. The van der Waals surface area contributed by atoms with Crippen LogP contribution in [0.15, 0.2) is 6.07 Å². The summed E-state index contributed by atoms with van der Waals surface area (Å²) in [5.41, 5.74) is 0. The van der Waals surface area contributed by atoms with Crippen molar-refractivity contribution in [1.82, 2.24) is 9.97 Å². The molecule has 0 radical (unpaired) electrons. The van der Waals surface area contributed by atoms with Crippen molar-refractivity contribution in [3.63, 3.8) is 0 Å². The SMILES string of the molecule is CCc1nc(NC)cc(NC2CCC2)n1. The number of aromatic nitrogens is 2. The molecule has 1 aliphatic rings. The molecule has 1 saturated carbocycles. The van der Waals surface area contributed by atoms with Crippen LogP contribution in [0.5, 0.6) is 0 Å². The molecule has 4 heteroatoms. The monoisotopic (exact) mass is 206 g/mol. The van der Waals surface area contributed by atoms with Gasteiger partial charge in [-0.1, -0.05) is 6.92 Å². The van der Waals surface area contributed by atoms with Crippen LogP contribution in [0.1, 0.15) is 32.0 Å². The smallest absolute Gasteiger partial charge is 0.132 e. The standard InChI is InChI=1S/C11H18N4/c1-3-9-14-10(12-2)7-11(15-9)13-8-5-4-6-8/h7-8H,3-6H2,1-2H3,(H2,12,13,14,15). The Morgan fingerprint density at radius 2 is 2.07 bits per heavy atom. The predicted molar refractivity (Wildman–Crippen MR) is 62.2 cm³/mol. The van der Waals surface area contributed by atoms with Crippen LogP contribution in [0.4, 0.5) is 11.6 Å². The minimum absolute atomic E-state index is 0.620. The van der Waals surface area contributed by atoms with E-state index in [2.05, 4.69) is 27.5 Å². The lowest BCUT2D eigenvalue weighted by Gasteiger charge is -2.27. The quantitative estimate of drug-likeness (QED) is 0.791. The third-order valence-corrected chi connectivity index (χ3v) is 2.80. The van der Waals surface area contributed by atoms with E-state index in [0.717, 1.165) is 23.9 Å². The Hall–Kier alpha value is -1.32. The van der Waals surface area contributed by atoms with Crippen LogP contribution < -0.4 is 10.6 Å². The fraction of sp³-hybridized carbons (Fsp3) is 0.636. The molecule has 4 nitrogen and oxygen atoms in total. The summed E-state index contributed by atoms with van der Waals surface area (Å²) in [5, 5.41) is 6.50. The van der Waals surface area contributed by atoms with Crippen molar-refractivity contribution in [2.24, 2.45) is 0 Å². The summed E-state index contributed by atoms with van der Waals surface area (Å²) in [4.78, 5) is 8.82. The molecule has 15 heavy (non-hydrogen) atoms. The van der Waals surface area contributed by atoms with Crippen LogP contribution in [0.25, 0.3) is 0 Å². The van der Waals surface area contributed by atoms with Gasteiger partial charge in [0, 0.05) is 25.6 Å². The van der Waals surface area contributed by atoms with Crippen molar-refractivity contribution < 1.29 is 0 Å². The average Bonchev–Trinajstić information content (AvgIpc) is 2.23. The van der Waals surface area contributed by atoms with Crippen molar-refractivity contribution in [2.45, 2.75) is 38.6 Å². The Labute approximate surface area is 90.5 Å². The molecule has 0 saturated heterocycles. The van der Waals surface area contributed by atoms with E-state index in [9.17, 15) is 0 Å². The molecule has 1 aromatic rings. The maximum absolute atomic E-state index is 4.46. The fourth-order valence-electron chi connectivity index (χ4n) is 1.62. The molecular weight excluding hydrogens is 188 g/mol. The fourth-order valence-corrected chi connectivity index (χ4v) is 1.62. The Kier molecular flexibility index (Phi) is 3.04. The zero-order valence-electron chi connectivity index (χ0n) is 9.38. The van der Waals surface area contributed by atoms with E-state index >= 15 is 0 Å². The molecule has 0 unspecified atom stereocenters. The Morgan fingerprint density at radius 3 is 2.60 bits per heavy atom. The Balaban J connectivity index is 2.13. The molecule has 1 aromatic heterocycles. The van der Waals surface area contributed by atoms with Gasteiger partial charge in [0.05, 0.1) is 0 Å². The maximum Gasteiger partial charge on any atom is 0.132 e. The summed E-state index contributed by atoms with van der Waals surface area (Å²) >= 11 is 0. The highest BCUT2D eigenvalue weighted by Gasteiger charge is 2.17. The molecule has 0 atom stereocenters. The molecule has 0 aromatic carbocycles. The third-order valence-electron chi connectivity index (χ3n) is 2.80. The van der Waals surface area contributed by atoms with E-state index in [1.807, 2.05) is 13.1 Å². The lowest BCUT2D eigenvalue weighted by molar-refractivity contribution is 0.444. The van der Waals surface area contributed by atoms with E-state index in [4.69, 9.17) is 0 Å². The van der Waals surface area contributed by atoms with Crippen molar-refractivity contribution in [3.05, 3.63) is 11.9 Å². The van der Waals surface area contributed by atoms with Gasteiger partial charge in [-0.15, -0.1) is 0 Å². The first kappa shape index (κ1) is 10.2. The van der Waals surface area contributed by atoms with Gasteiger partial charge in [-0.2, -0.15) is 0 Å². The van der Waals surface area contributed by atoms with Crippen LogP contribution >= 0.6 is 0 Å². The first-order valence-electron chi connectivity index (χ1n) is 5.64. The highest BCUT2D eigenvalue weighted by Crippen LogP contribution is 2.23. The van der Waals surface area contributed by atoms with E-state index in [0.29, 0.717) is 6.04 Å². The molecule has 0 amide bonds. The zero-order chi connectivity index (χ0) is 10.7. The summed E-state index contributed by atoms with van der Waals surface area (Å²) in [6.45, 7) is 2.07. The van der Waals surface area contributed by atoms with Gasteiger partial charge in [0.15, 0.2) is 0 Å². The van der Waals surface area contributed by atoms with Crippen LogP contribution in [-0.2, 0) is 6.42 Å². The van der Waals surface area contributed by atoms with E-state index < -0.39 is 0 Å². The van der Waals surface area contributed by atoms with Gasteiger partial charge in [0.2, 0.25) is 0 Å². The molecule has 0 aliphatic heterocycles. The van der Waals surface area contributed by atoms with Crippen LogP contribution in [0.2, 0.25) is 0 Å². The Bertz CT molecular complexity index is 311. The molecule has 1 fully saturated rings. The van der Waals surface area contributed by atoms with E-state index in [1.165, 1.54) is 19.3 Å². The molecular formula is C11H18N4. The second kappa shape index (κ2) is 4.47. The largest absolute Gasteiger partial charge is 0.373 e. The number of nitrogens with one attached hydrogen (secondary N) is 2. The van der Waals surface area contributed by atoms with Crippen LogP contribution in [0, 0.1) is 0 Å². The predicted octanol–water partition coefficient (Wildman–Crippen LogP) is 2.05. The Morgan fingerprint density at radius 1 is 1.33 bits per heavy atom. The third kappa shape index (κ3) is 2.37. The van der Waals surface area contributed by atoms with Gasteiger partial charge in [0.1, 0.15) is 17.5 Å². The molecule has 0 spiro atoms. The highest BCUT2D eigenvalue weighted by molar-refractivity contribution is 5.47. The summed E-state index contributed by atoms with van der Waals surface area (Å²) in [6.07, 6.45) is 4.73. The topological polar surface area (TPSA) is 49.8 Å². The average molecular weight is 206 g/mol. The number of rotatable bonds is 4. The van der Waals surface area contributed by atoms with Gasteiger partial charge in [-0.25, -0.2) is 9.97 Å².